The van der Waals surface area contributed by atoms with Gasteiger partial charge in [0, 0.05) is 6.54 Å². The number of hydrogen-bond donors (Lipinski definition) is 0. The fraction of sp³-hybridized carbons (Fsp3) is 0.875. The Bertz CT molecular complexity index is 151. The molecule has 0 bridgehead atoms. The van der Waals surface area contributed by atoms with E-state index in [4.69, 9.17) is 0 Å². The Balaban J connectivity index is 2.18. The predicted molar refractivity (Wildman–Crippen MR) is 47.2 cm³/mol. The van der Waals surface area contributed by atoms with Crippen molar-refractivity contribution in [2.75, 3.05) is 47.3 Å². The van der Waals surface area contributed by atoms with E-state index < -0.39 is 0 Å². The van der Waals surface area contributed by atoms with Crippen LogP contribution < -0.4 is 0 Å². The lowest BCUT2D eigenvalue weighted by Crippen LogP contribution is -2.29. The third-order valence-corrected chi connectivity index (χ3v) is 1.93. The SMILES string of the molecule is CN(C)CCN1C=[N+](C)CC1. The molecule has 0 radical (unpaired) electrons. The van der Waals surface area contributed by atoms with Crippen molar-refractivity contribution in [3.05, 3.63) is 0 Å². The first-order valence-corrected chi connectivity index (χ1v) is 4.12. The van der Waals surface area contributed by atoms with Crippen molar-refractivity contribution in [2.24, 2.45) is 0 Å². The van der Waals surface area contributed by atoms with Gasteiger partial charge in [-0.05, 0) is 14.1 Å². The van der Waals surface area contributed by atoms with Gasteiger partial charge < -0.3 is 4.90 Å². The zero-order chi connectivity index (χ0) is 8.27. The molecule has 0 aromatic heterocycles. The molecule has 0 unspecified atom stereocenters. The van der Waals surface area contributed by atoms with Crippen molar-refractivity contribution >= 4 is 6.34 Å². The van der Waals surface area contributed by atoms with Crippen LogP contribution in [0.3, 0.4) is 0 Å². The number of likely N-dealkylation sites (N-methyl/N-ethyl adjacent to an activating group) is 2. The van der Waals surface area contributed by atoms with Gasteiger partial charge in [0.1, 0.15) is 13.1 Å². The highest BCUT2D eigenvalue weighted by molar-refractivity contribution is 5.50. The molecule has 3 heteroatoms. The van der Waals surface area contributed by atoms with E-state index in [1.807, 2.05) is 0 Å². The van der Waals surface area contributed by atoms with Crippen LogP contribution in [0.25, 0.3) is 0 Å². The van der Waals surface area contributed by atoms with Crippen molar-refractivity contribution < 1.29 is 4.58 Å². The van der Waals surface area contributed by atoms with Crippen LogP contribution in [0, 0.1) is 0 Å². The Kier molecular flexibility index (Phi) is 2.88. The summed E-state index contributed by atoms with van der Waals surface area (Å²) in [6.45, 7) is 4.65. The van der Waals surface area contributed by atoms with Gasteiger partial charge in [0.15, 0.2) is 0 Å². The predicted octanol–water partition coefficient (Wildman–Crippen LogP) is -0.466. The highest BCUT2D eigenvalue weighted by atomic mass is 15.3. The molecule has 0 atom stereocenters. The number of rotatable bonds is 3. The topological polar surface area (TPSA) is 9.49 Å². The van der Waals surface area contributed by atoms with Crippen molar-refractivity contribution in [3.63, 3.8) is 0 Å². The fourth-order valence-corrected chi connectivity index (χ4v) is 1.18. The largest absolute Gasteiger partial charge is 0.306 e. The molecule has 0 aliphatic carbocycles. The average molecular weight is 156 g/mol. The lowest BCUT2D eigenvalue weighted by Gasteiger charge is -2.11. The summed E-state index contributed by atoms with van der Waals surface area (Å²) in [6.07, 6.45) is 2.20. The van der Waals surface area contributed by atoms with E-state index in [9.17, 15) is 0 Å². The summed E-state index contributed by atoms with van der Waals surface area (Å²) in [5.74, 6) is 0. The van der Waals surface area contributed by atoms with Crippen LogP contribution >= 0.6 is 0 Å². The zero-order valence-corrected chi connectivity index (χ0v) is 7.75. The number of hydrogen-bond acceptors (Lipinski definition) is 2. The zero-order valence-electron chi connectivity index (χ0n) is 7.75. The second kappa shape index (κ2) is 3.72. The highest BCUT2D eigenvalue weighted by Gasteiger charge is 2.15. The molecular formula is C8H18N3+. The summed E-state index contributed by atoms with van der Waals surface area (Å²) in [6, 6.07) is 0. The molecule has 0 amide bonds. The maximum Gasteiger partial charge on any atom is 0.234 e. The van der Waals surface area contributed by atoms with Gasteiger partial charge in [0.25, 0.3) is 0 Å². The summed E-state index contributed by atoms with van der Waals surface area (Å²) in [5, 5.41) is 0. The van der Waals surface area contributed by atoms with Gasteiger partial charge in [-0.1, -0.05) is 0 Å². The monoisotopic (exact) mass is 156 g/mol. The molecule has 1 aliphatic rings. The van der Waals surface area contributed by atoms with Crippen molar-refractivity contribution in [1.29, 1.82) is 0 Å². The van der Waals surface area contributed by atoms with Gasteiger partial charge in [0.2, 0.25) is 6.34 Å². The van der Waals surface area contributed by atoms with Crippen LogP contribution in [0.5, 0.6) is 0 Å². The molecule has 0 fully saturated rings. The van der Waals surface area contributed by atoms with Crippen LogP contribution in [0.4, 0.5) is 0 Å². The van der Waals surface area contributed by atoms with Gasteiger partial charge in [-0.15, -0.1) is 0 Å². The van der Waals surface area contributed by atoms with E-state index in [1.165, 1.54) is 13.1 Å². The minimum Gasteiger partial charge on any atom is -0.306 e. The lowest BCUT2D eigenvalue weighted by molar-refractivity contribution is -0.482. The Morgan fingerprint density at radius 1 is 1.55 bits per heavy atom. The molecule has 64 valence electrons. The smallest absolute Gasteiger partial charge is 0.234 e. The molecule has 0 aromatic carbocycles. The Morgan fingerprint density at radius 3 is 2.73 bits per heavy atom. The van der Waals surface area contributed by atoms with Crippen LogP contribution in [-0.2, 0) is 0 Å². The van der Waals surface area contributed by atoms with E-state index in [-0.39, 0.29) is 0 Å². The lowest BCUT2D eigenvalue weighted by atomic mass is 10.5. The van der Waals surface area contributed by atoms with Crippen LogP contribution in [0.2, 0.25) is 0 Å². The van der Waals surface area contributed by atoms with Gasteiger partial charge in [0.05, 0.1) is 13.6 Å². The molecule has 0 spiro atoms. The Hall–Kier alpha value is -0.570. The van der Waals surface area contributed by atoms with E-state index in [0.717, 1.165) is 13.1 Å². The standard InChI is InChI=1S/C8H18N3/c1-9(2)4-6-11-7-5-10(3)8-11/h8H,4-7H2,1-3H3/q+1. The molecule has 1 aliphatic heterocycles. The molecule has 0 saturated heterocycles. The van der Waals surface area contributed by atoms with E-state index >= 15 is 0 Å². The van der Waals surface area contributed by atoms with Crippen LogP contribution in [0.15, 0.2) is 0 Å². The molecule has 1 heterocycles. The quantitative estimate of drug-likeness (QED) is 0.511. The molecular weight excluding hydrogens is 138 g/mol. The minimum atomic E-state index is 1.14. The number of nitrogens with zero attached hydrogens (tertiary/aromatic N) is 3. The highest BCUT2D eigenvalue weighted by Crippen LogP contribution is 1.91. The molecule has 11 heavy (non-hydrogen) atoms. The van der Waals surface area contributed by atoms with Crippen LogP contribution in [0.1, 0.15) is 0 Å². The second-order valence-electron chi connectivity index (χ2n) is 3.44. The molecule has 0 aromatic rings. The average Bonchev–Trinajstić information content (AvgIpc) is 2.31. The third-order valence-electron chi connectivity index (χ3n) is 1.93. The van der Waals surface area contributed by atoms with E-state index in [1.54, 1.807) is 0 Å². The molecule has 0 N–H and O–H groups in total. The van der Waals surface area contributed by atoms with E-state index in [2.05, 4.69) is 41.9 Å². The first kappa shape index (κ1) is 8.53. The van der Waals surface area contributed by atoms with Gasteiger partial charge in [-0.25, -0.2) is 0 Å². The van der Waals surface area contributed by atoms with Crippen molar-refractivity contribution in [2.45, 2.75) is 0 Å². The second-order valence-corrected chi connectivity index (χ2v) is 3.44. The summed E-state index contributed by atoms with van der Waals surface area (Å²) < 4.78 is 2.23. The summed E-state index contributed by atoms with van der Waals surface area (Å²) in [7, 11) is 6.34. The summed E-state index contributed by atoms with van der Waals surface area (Å²) in [4.78, 5) is 4.58. The maximum absolute atomic E-state index is 2.36. The van der Waals surface area contributed by atoms with Crippen molar-refractivity contribution in [1.82, 2.24) is 9.80 Å². The summed E-state index contributed by atoms with van der Waals surface area (Å²) in [5.41, 5.74) is 0. The minimum absolute atomic E-state index is 1.14. The first-order chi connectivity index (χ1) is 5.18. The Morgan fingerprint density at radius 2 is 2.27 bits per heavy atom. The van der Waals surface area contributed by atoms with Crippen molar-refractivity contribution in [3.8, 4) is 0 Å². The first-order valence-electron chi connectivity index (χ1n) is 4.12. The summed E-state index contributed by atoms with van der Waals surface area (Å²) >= 11 is 0. The van der Waals surface area contributed by atoms with Gasteiger partial charge >= 0.3 is 0 Å². The van der Waals surface area contributed by atoms with E-state index in [0.29, 0.717) is 0 Å². The molecule has 1 rings (SSSR count). The van der Waals surface area contributed by atoms with Crippen LogP contribution in [-0.4, -0.2) is 68.0 Å². The molecule has 3 nitrogen and oxygen atoms in total. The maximum atomic E-state index is 2.36. The fourth-order valence-electron chi connectivity index (χ4n) is 1.18. The normalized spacial score (nSPS) is 17.8. The Labute approximate surface area is 68.9 Å². The van der Waals surface area contributed by atoms with Gasteiger partial charge in [-0.3, -0.25) is 9.48 Å². The van der Waals surface area contributed by atoms with Gasteiger partial charge in [-0.2, -0.15) is 0 Å². The molecule has 0 saturated carbocycles. The third kappa shape index (κ3) is 2.89.